The zero-order valence-electron chi connectivity index (χ0n) is 13.2. The Labute approximate surface area is 135 Å². The maximum Gasteiger partial charge on any atom is 0.410 e. The molecule has 1 N–H and O–H groups in total. The molecule has 5 heteroatoms. The van der Waals surface area contributed by atoms with Gasteiger partial charge in [-0.05, 0) is 28.9 Å². The summed E-state index contributed by atoms with van der Waals surface area (Å²) in [5.41, 5.74) is 1.37. The fourth-order valence-electron chi connectivity index (χ4n) is 3.67. The summed E-state index contributed by atoms with van der Waals surface area (Å²) >= 11 is 0. The number of nitrogens with zero attached hydrogens (tertiary/aromatic N) is 1. The maximum atomic E-state index is 12.3. The van der Waals surface area contributed by atoms with Crippen molar-refractivity contribution in [2.45, 2.75) is 31.4 Å². The highest BCUT2D eigenvalue weighted by Gasteiger charge is 2.30. The summed E-state index contributed by atoms with van der Waals surface area (Å²) in [5, 5.41) is 6.00. The first-order valence-electron chi connectivity index (χ1n) is 8.39. The van der Waals surface area contributed by atoms with Gasteiger partial charge in [-0.25, -0.2) is 4.79 Å². The highest BCUT2D eigenvalue weighted by molar-refractivity contribution is 5.68. The van der Waals surface area contributed by atoms with Crippen molar-refractivity contribution in [1.82, 2.24) is 10.2 Å². The predicted molar refractivity (Wildman–Crippen MR) is 87.0 cm³/mol. The largest absolute Gasteiger partial charge is 0.446 e. The van der Waals surface area contributed by atoms with Crippen molar-refractivity contribution in [1.29, 1.82) is 0 Å². The minimum Gasteiger partial charge on any atom is -0.446 e. The summed E-state index contributed by atoms with van der Waals surface area (Å²) < 4.78 is 11.1. The van der Waals surface area contributed by atoms with Crippen molar-refractivity contribution in [3.63, 3.8) is 0 Å². The molecule has 3 aliphatic rings. The van der Waals surface area contributed by atoms with E-state index in [0.29, 0.717) is 32.3 Å². The molecule has 1 aromatic carbocycles. The minimum atomic E-state index is -0.194. The second-order valence-corrected chi connectivity index (χ2v) is 6.36. The average Bonchev–Trinajstić information content (AvgIpc) is 2.62. The summed E-state index contributed by atoms with van der Waals surface area (Å²) in [6, 6.07) is 8.79. The molecule has 1 saturated carbocycles. The molecule has 1 saturated heterocycles. The number of benzene rings is 1. The van der Waals surface area contributed by atoms with E-state index in [2.05, 4.69) is 35.8 Å². The quantitative estimate of drug-likeness (QED) is 0.823. The van der Waals surface area contributed by atoms with E-state index < -0.39 is 0 Å². The number of ether oxygens (including phenoxy) is 2. The molecule has 2 heterocycles. The van der Waals surface area contributed by atoms with Crippen molar-refractivity contribution in [3.8, 4) is 0 Å². The van der Waals surface area contributed by atoms with Gasteiger partial charge in [0.2, 0.25) is 0 Å². The number of morpholine rings is 1. The number of hydrogen-bond donors (Lipinski definition) is 1. The molecule has 0 aromatic heterocycles. The number of amides is 1. The van der Waals surface area contributed by atoms with Gasteiger partial charge in [-0.1, -0.05) is 24.3 Å². The van der Waals surface area contributed by atoms with Crippen LogP contribution in [0.2, 0.25) is 0 Å². The lowest BCUT2D eigenvalue weighted by molar-refractivity contribution is 0.00969. The third-order valence-electron chi connectivity index (χ3n) is 4.93. The lowest BCUT2D eigenvalue weighted by atomic mass is 9.85. The van der Waals surface area contributed by atoms with Crippen LogP contribution in [0.4, 0.5) is 4.79 Å². The Morgan fingerprint density at radius 3 is 2.91 bits per heavy atom. The first kappa shape index (κ1) is 14.6. The third-order valence-corrected chi connectivity index (χ3v) is 4.93. The van der Waals surface area contributed by atoms with Crippen molar-refractivity contribution in [3.05, 3.63) is 34.7 Å². The number of rotatable bonds is 1. The van der Waals surface area contributed by atoms with Crippen LogP contribution in [-0.4, -0.2) is 49.4 Å². The number of carbonyl (C=O) groups excluding carboxylic acids is 1. The van der Waals surface area contributed by atoms with Crippen LogP contribution in [0.3, 0.4) is 0 Å². The molecular weight excluding hydrogens is 292 g/mol. The Balaban J connectivity index is 1.51. The van der Waals surface area contributed by atoms with Crippen molar-refractivity contribution in [2.75, 3.05) is 26.3 Å². The smallest absolute Gasteiger partial charge is 0.410 e. The molecule has 1 amide bonds. The van der Waals surface area contributed by atoms with Crippen LogP contribution in [0.25, 0.3) is 11.8 Å². The molecular formula is C18H22N2O3. The maximum absolute atomic E-state index is 12.3. The summed E-state index contributed by atoms with van der Waals surface area (Å²) in [7, 11) is 0. The second kappa shape index (κ2) is 6.24. The third kappa shape index (κ3) is 2.93. The van der Waals surface area contributed by atoms with Gasteiger partial charge in [-0.15, -0.1) is 0 Å². The molecule has 0 bridgehead atoms. The second-order valence-electron chi connectivity index (χ2n) is 6.36. The van der Waals surface area contributed by atoms with Gasteiger partial charge in [0, 0.05) is 31.8 Å². The number of fused-ring (bicyclic) bond motifs is 2. The normalized spacial score (nSPS) is 26.4. The lowest BCUT2D eigenvalue weighted by Crippen LogP contribution is -2.47. The molecule has 2 atom stereocenters. The van der Waals surface area contributed by atoms with E-state index >= 15 is 0 Å². The first-order valence-corrected chi connectivity index (χ1v) is 8.39. The van der Waals surface area contributed by atoms with Gasteiger partial charge in [-0.2, -0.15) is 0 Å². The van der Waals surface area contributed by atoms with Crippen LogP contribution in [0.1, 0.15) is 19.3 Å². The van der Waals surface area contributed by atoms with Gasteiger partial charge in [0.1, 0.15) is 6.10 Å². The predicted octanol–water partition coefficient (Wildman–Crippen LogP) is 0.568. The monoisotopic (exact) mass is 314 g/mol. The molecule has 23 heavy (non-hydrogen) atoms. The van der Waals surface area contributed by atoms with E-state index in [-0.39, 0.29) is 12.2 Å². The van der Waals surface area contributed by atoms with Gasteiger partial charge in [0.15, 0.2) is 0 Å². The highest BCUT2D eigenvalue weighted by Crippen LogP contribution is 2.27. The van der Waals surface area contributed by atoms with Gasteiger partial charge in [-0.3, -0.25) is 0 Å². The molecule has 122 valence electrons. The van der Waals surface area contributed by atoms with Crippen LogP contribution < -0.4 is 15.8 Å². The summed E-state index contributed by atoms with van der Waals surface area (Å²) in [6.07, 6.45) is 4.61. The molecule has 0 radical (unpaired) electrons. The zero-order valence-corrected chi connectivity index (χ0v) is 13.2. The van der Waals surface area contributed by atoms with E-state index in [9.17, 15) is 4.79 Å². The van der Waals surface area contributed by atoms with Gasteiger partial charge in [0.25, 0.3) is 0 Å². The molecule has 1 aliphatic carbocycles. The van der Waals surface area contributed by atoms with E-state index in [4.69, 9.17) is 9.47 Å². The Bertz CT molecular complexity index is 709. The Morgan fingerprint density at radius 2 is 2.04 bits per heavy atom. The van der Waals surface area contributed by atoms with Crippen LogP contribution in [-0.2, 0) is 9.47 Å². The van der Waals surface area contributed by atoms with Crippen LogP contribution in [0.15, 0.2) is 24.3 Å². The average molecular weight is 314 g/mol. The Hall–Kier alpha value is -2.01. The van der Waals surface area contributed by atoms with E-state index in [1.165, 1.54) is 16.0 Å². The topological polar surface area (TPSA) is 50.8 Å². The van der Waals surface area contributed by atoms with E-state index in [1.54, 1.807) is 4.90 Å². The molecule has 0 spiro atoms. The van der Waals surface area contributed by atoms with Gasteiger partial charge in [0.05, 0.1) is 13.2 Å². The molecule has 2 aliphatic heterocycles. The van der Waals surface area contributed by atoms with E-state index in [1.807, 2.05) is 0 Å². The molecule has 2 fully saturated rings. The molecule has 1 aromatic rings. The fraction of sp³-hybridized carbons (Fsp3) is 0.500. The summed E-state index contributed by atoms with van der Waals surface area (Å²) in [4.78, 5) is 14.0. The molecule has 5 nitrogen and oxygen atoms in total. The number of nitrogens with one attached hydrogen (secondary N) is 1. The standard InChI is InChI=1S/C18H22N2O3/c21-18(20-7-9-22-10-8-20)23-14-5-6-17-16(11-14)15-4-2-1-3-13(15)12-19-17/h1-4,12,14,17,19H,5-11H2. The SMILES string of the molecule is O=C(OC1CCC2NC=c3ccccc3=C2C1)N1CCOCC1. The van der Waals surface area contributed by atoms with Crippen molar-refractivity contribution in [2.24, 2.45) is 0 Å². The Kier molecular flexibility index (Phi) is 3.95. The molecule has 2 unspecified atom stereocenters. The van der Waals surface area contributed by atoms with Gasteiger partial charge >= 0.3 is 6.09 Å². The lowest BCUT2D eigenvalue weighted by Gasteiger charge is -2.34. The van der Waals surface area contributed by atoms with Crippen molar-refractivity contribution >= 4 is 17.9 Å². The fourth-order valence-corrected chi connectivity index (χ4v) is 3.67. The Morgan fingerprint density at radius 1 is 1.22 bits per heavy atom. The zero-order chi connectivity index (χ0) is 15.6. The first-order chi connectivity index (χ1) is 11.3. The van der Waals surface area contributed by atoms with Crippen LogP contribution in [0.5, 0.6) is 0 Å². The van der Waals surface area contributed by atoms with Crippen LogP contribution >= 0.6 is 0 Å². The van der Waals surface area contributed by atoms with E-state index in [0.717, 1.165) is 19.3 Å². The van der Waals surface area contributed by atoms with Crippen LogP contribution in [0, 0.1) is 0 Å². The minimum absolute atomic E-state index is 0.0236. The van der Waals surface area contributed by atoms with Crippen molar-refractivity contribution < 1.29 is 14.3 Å². The summed E-state index contributed by atoms with van der Waals surface area (Å²) in [6.45, 7) is 2.47. The molecule has 4 rings (SSSR count). The number of carbonyl (C=O) groups is 1. The highest BCUT2D eigenvalue weighted by atomic mass is 16.6. The van der Waals surface area contributed by atoms with Gasteiger partial charge < -0.3 is 19.7 Å². The number of hydrogen-bond acceptors (Lipinski definition) is 4. The summed E-state index contributed by atoms with van der Waals surface area (Å²) in [5.74, 6) is 0.